The molecule has 0 heterocycles. The van der Waals surface area contributed by atoms with Crippen molar-refractivity contribution in [2.75, 3.05) is 14.2 Å². The largest absolute Gasteiger partial charge is 0.493 e. The molecule has 1 unspecified atom stereocenters. The Kier molecular flexibility index (Phi) is 6.34. The molecule has 0 aliphatic rings. The Morgan fingerprint density at radius 2 is 1.70 bits per heavy atom. The van der Waals surface area contributed by atoms with Crippen LogP contribution < -0.4 is 15.2 Å². The molecule has 0 fully saturated rings. The van der Waals surface area contributed by atoms with Gasteiger partial charge in [0, 0.05) is 5.54 Å². The third kappa shape index (κ3) is 4.71. The summed E-state index contributed by atoms with van der Waals surface area (Å²) in [5.74, 6) is 2.23. The van der Waals surface area contributed by atoms with Gasteiger partial charge in [0.15, 0.2) is 11.5 Å². The van der Waals surface area contributed by atoms with Gasteiger partial charge in [-0.05, 0) is 43.4 Å². The molecule has 0 radical (unpaired) electrons. The Bertz CT molecular complexity index is 411. The number of ether oxygens (including phenoxy) is 2. The lowest BCUT2D eigenvalue weighted by Crippen LogP contribution is -2.40. The lowest BCUT2D eigenvalue weighted by molar-refractivity contribution is 0.320. The molecule has 0 bridgehead atoms. The number of benzene rings is 1. The van der Waals surface area contributed by atoms with Gasteiger partial charge in [-0.15, -0.1) is 0 Å². The van der Waals surface area contributed by atoms with Crippen molar-refractivity contribution in [1.29, 1.82) is 0 Å². The fraction of sp³-hybridized carbons (Fsp3) is 0.647. The Balaban J connectivity index is 2.81. The molecular formula is C17H29NO2. The van der Waals surface area contributed by atoms with Crippen LogP contribution in [-0.2, 0) is 6.42 Å². The van der Waals surface area contributed by atoms with E-state index in [-0.39, 0.29) is 5.54 Å². The minimum Gasteiger partial charge on any atom is -0.493 e. The van der Waals surface area contributed by atoms with Crippen LogP contribution in [0.5, 0.6) is 11.5 Å². The van der Waals surface area contributed by atoms with E-state index in [0.717, 1.165) is 24.3 Å². The molecule has 1 aromatic rings. The first-order valence-corrected chi connectivity index (χ1v) is 7.45. The van der Waals surface area contributed by atoms with Crippen molar-refractivity contribution in [3.8, 4) is 11.5 Å². The molecule has 0 saturated heterocycles. The number of rotatable bonds is 8. The van der Waals surface area contributed by atoms with E-state index in [4.69, 9.17) is 15.2 Å². The second kappa shape index (κ2) is 7.53. The quantitative estimate of drug-likeness (QED) is 0.787. The standard InChI is InChI=1S/C17H29NO2/c1-6-13(7-2)11-17(3,18)12-14-8-9-15(19-4)16(10-14)20-5/h8-10,13H,6-7,11-12,18H2,1-5H3. The van der Waals surface area contributed by atoms with Gasteiger partial charge < -0.3 is 15.2 Å². The monoisotopic (exact) mass is 279 g/mol. The van der Waals surface area contributed by atoms with Gasteiger partial charge in [0.1, 0.15) is 0 Å². The van der Waals surface area contributed by atoms with Gasteiger partial charge in [-0.1, -0.05) is 32.8 Å². The van der Waals surface area contributed by atoms with Gasteiger partial charge >= 0.3 is 0 Å². The van der Waals surface area contributed by atoms with Crippen LogP contribution >= 0.6 is 0 Å². The van der Waals surface area contributed by atoms with Crippen LogP contribution in [0.4, 0.5) is 0 Å². The van der Waals surface area contributed by atoms with Crippen LogP contribution in [0, 0.1) is 5.92 Å². The van der Waals surface area contributed by atoms with Gasteiger partial charge in [-0.25, -0.2) is 0 Å². The summed E-state index contributed by atoms with van der Waals surface area (Å²) in [7, 11) is 3.31. The second-order valence-electron chi connectivity index (χ2n) is 5.91. The van der Waals surface area contributed by atoms with Crippen LogP contribution in [0.15, 0.2) is 18.2 Å². The fourth-order valence-electron chi connectivity index (χ4n) is 2.77. The summed E-state index contributed by atoms with van der Waals surface area (Å²) < 4.78 is 10.6. The average molecular weight is 279 g/mol. The fourth-order valence-corrected chi connectivity index (χ4v) is 2.77. The van der Waals surface area contributed by atoms with Crippen LogP contribution in [0.3, 0.4) is 0 Å². The van der Waals surface area contributed by atoms with E-state index in [0.29, 0.717) is 5.92 Å². The van der Waals surface area contributed by atoms with E-state index in [1.807, 2.05) is 12.1 Å². The molecule has 20 heavy (non-hydrogen) atoms. The molecule has 1 rings (SSSR count). The zero-order chi connectivity index (χ0) is 15.2. The summed E-state index contributed by atoms with van der Waals surface area (Å²) >= 11 is 0. The average Bonchev–Trinajstić information content (AvgIpc) is 2.44. The molecule has 1 aromatic carbocycles. The van der Waals surface area contributed by atoms with Crippen LogP contribution in [0.25, 0.3) is 0 Å². The predicted octanol–water partition coefficient (Wildman–Crippen LogP) is 3.79. The molecule has 2 N–H and O–H groups in total. The predicted molar refractivity (Wildman–Crippen MR) is 84.5 cm³/mol. The third-order valence-electron chi connectivity index (χ3n) is 3.97. The molecule has 0 aromatic heterocycles. The smallest absolute Gasteiger partial charge is 0.160 e. The zero-order valence-corrected chi connectivity index (χ0v) is 13.5. The van der Waals surface area contributed by atoms with E-state index in [2.05, 4.69) is 26.8 Å². The molecule has 0 aliphatic heterocycles. The maximum atomic E-state index is 6.49. The number of hydrogen-bond acceptors (Lipinski definition) is 3. The summed E-state index contributed by atoms with van der Waals surface area (Å²) in [6.45, 7) is 6.61. The zero-order valence-electron chi connectivity index (χ0n) is 13.5. The van der Waals surface area contributed by atoms with E-state index in [9.17, 15) is 0 Å². The molecule has 0 saturated carbocycles. The van der Waals surface area contributed by atoms with Gasteiger partial charge in [0.25, 0.3) is 0 Å². The molecule has 3 nitrogen and oxygen atoms in total. The van der Waals surface area contributed by atoms with E-state index in [1.165, 1.54) is 18.4 Å². The topological polar surface area (TPSA) is 44.5 Å². The van der Waals surface area contributed by atoms with Crippen molar-refractivity contribution in [2.24, 2.45) is 11.7 Å². The van der Waals surface area contributed by atoms with Crippen molar-refractivity contribution < 1.29 is 9.47 Å². The van der Waals surface area contributed by atoms with Gasteiger partial charge in [0.2, 0.25) is 0 Å². The molecule has 0 aliphatic carbocycles. The van der Waals surface area contributed by atoms with Gasteiger partial charge in [0.05, 0.1) is 14.2 Å². The highest BCUT2D eigenvalue weighted by Gasteiger charge is 2.23. The lowest BCUT2D eigenvalue weighted by atomic mass is 9.82. The molecule has 3 heteroatoms. The SMILES string of the molecule is CCC(CC)CC(C)(N)Cc1ccc(OC)c(OC)c1. The Morgan fingerprint density at radius 3 is 2.20 bits per heavy atom. The van der Waals surface area contributed by atoms with Crippen molar-refractivity contribution >= 4 is 0 Å². The molecular weight excluding hydrogens is 250 g/mol. The van der Waals surface area contributed by atoms with Crippen molar-refractivity contribution in [3.63, 3.8) is 0 Å². The first-order valence-electron chi connectivity index (χ1n) is 7.45. The minimum atomic E-state index is -0.184. The highest BCUT2D eigenvalue weighted by molar-refractivity contribution is 5.43. The molecule has 1 atom stereocenters. The van der Waals surface area contributed by atoms with E-state index >= 15 is 0 Å². The first kappa shape index (κ1) is 16.8. The minimum absolute atomic E-state index is 0.184. The Hall–Kier alpha value is -1.22. The lowest BCUT2D eigenvalue weighted by Gasteiger charge is -2.29. The number of hydrogen-bond donors (Lipinski definition) is 1. The maximum absolute atomic E-state index is 6.49. The Labute approximate surface area is 123 Å². The third-order valence-corrected chi connectivity index (χ3v) is 3.97. The summed E-state index contributed by atoms with van der Waals surface area (Å²) in [5, 5.41) is 0. The van der Waals surface area contributed by atoms with Gasteiger partial charge in [-0.2, -0.15) is 0 Å². The molecule has 0 spiro atoms. The highest BCUT2D eigenvalue weighted by atomic mass is 16.5. The number of nitrogens with two attached hydrogens (primary N) is 1. The van der Waals surface area contributed by atoms with Crippen molar-refractivity contribution in [3.05, 3.63) is 23.8 Å². The first-order chi connectivity index (χ1) is 9.45. The van der Waals surface area contributed by atoms with Crippen molar-refractivity contribution in [1.82, 2.24) is 0 Å². The summed E-state index contributed by atoms with van der Waals surface area (Å²) in [6.07, 6.45) is 4.28. The molecule has 114 valence electrons. The van der Waals surface area contributed by atoms with E-state index < -0.39 is 0 Å². The molecule has 0 amide bonds. The van der Waals surface area contributed by atoms with Crippen molar-refractivity contribution in [2.45, 2.75) is 52.0 Å². The summed E-state index contributed by atoms with van der Waals surface area (Å²) in [6, 6.07) is 6.04. The summed E-state index contributed by atoms with van der Waals surface area (Å²) in [4.78, 5) is 0. The maximum Gasteiger partial charge on any atom is 0.160 e. The van der Waals surface area contributed by atoms with Crippen LogP contribution in [0.2, 0.25) is 0 Å². The number of methoxy groups -OCH3 is 2. The van der Waals surface area contributed by atoms with E-state index in [1.54, 1.807) is 14.2 Å². The van der Waals surface area contributed by atoms with Crippen LogP contribution in [0.1, 0.15) is 45.6 Å². The van der Waals surface area contributed by atoms with Crippen LogP contribution in [-0.4, -0.2) is 19.8 Å². The summed E-state index contributed by atoms with van der Waals surface area (Å²) in [5.41, 5.74) is 7.50. The Morgan fingerprint density at radius 1 is 1.10 bits per heavy atom. The normalized spacial score (nSPS) is 14.2. The highest BCUT2D eigenvalue weighted by Crippen LogP contribution is 2.30. The second-order valence-corrected chi connectivity index (χ2v) is 5.91. The van der Waals surface area contributed by atoms with Gasteiger partial charge in [-0.3, -0.25) is 0 Å².